The molecule has 1 fully saturated rings. The molecule has 0 saturated carbocycles. The highest BCUT2D eigenvalue weighted by molar-refractivity contribution is 5.71. The zero-order valence-corrected chi connectivity index (χ0v) is 15.1. The van der Waals surface area contributed by atoms with Gasteiger partial charge < -0.3 is 19.7 Å². The van der Waals surface area contributed by atoms with E-state index in [0.717, 1.165) is 0 Å². The minimum atomic E-state index is -0.554. The van der Waals surface area contributed by atoms with Crippen LogP contribution in [0.4, 0.5) is 9.59 Å². The van der Waals surface area contributed by atoms with E-state index in [4.69, 9.17) is 9.47 Å². The molecule has 0 aromatic heterocycles. The Morgan fingerprint density at radius 1 is 1.17 bits per heavy atom. The van der Waals surface area contributed by atoms with E-state index >= 15 is 0 Å². The highest BCUT2D eigenvalue weighted by Crippen LogP contribution is 2.24. The lowest BCUT2D eigenvalue weighted by Crippen LogP contribution is -2.48. The maximum absolute atomic E-state index is 12.3. The average Bonchev–Trinajstić information content (AvgIpc) is 2.68. The second kappa shape index (κ2) is 7.23. The van der Waals surface area contributed by atoms with Crippen LogP contribution < -0.4 is 5.32 Å². The quantitative estimate of drug-likeness (QED) is 0.806. The molecule has 6 heteroatoms. The van der Waals surface area contributed by atoms with Crippen LogP contribution in [0, 0.1) is 0 Å². The fourth-order valence-corrected chi connectivity index (χ4v) is 2.49. The maximum atomic E-state index is 12.3. The number of hydrogen-bond acceptors (Lipinski definition) is 4. The third kappa shape index (κ3) is 6.50. The molecule has 1 aliphatic heterocycles. The molecule has 0 bridgehead atoms. The number of nitrogens with one attached hydrogen (secondary N) is 1. The van der Waals surface area contributed by atoms with Gasteiger partial charge in [-0.15, -0.1) is 6.58 Å². The van der Waals surface area contributed by atoms with E-state index < -0.39 is 17.3 Å². The molecular weight excluding hydrogens is 296 g/mol. The van der Waals surface area contributed by atoms with Gasteiger partial charge in [0.1, 0.15) is 11.2 Å². The normalized spacial score (nSPS) is 21.7. The minimum Gasteiger partial charge on any atom is -0.444 e. The van der Waals surface area contributed by atoms with Gasteiger partial charge in [-0.1, -0.05) is 6.08 Å². The molecule has 1 heterocycles. The van der Waals surface area contributed by atoms with Crippen LogP contribution >= 0.6 is 0 Å². The lowest BCUT2D eigenvalue weighted by Gasteiger charge is -2.30. The van der Waals surface area contributed by atoms with Crippen molar-refractivity contribution in [1.82, 2.24) is 10.2 Å². The number of hydrogen-bond donors (Lipinski definition) is 1. The lowest BCUT2D eigenvalue weighted by molar-refractivity contribution is 0.0204. The first-order valence-electron chi connectivity index (χ1n) is 8.03. The van der Waals surface area contributed by atoms with Gasteiger partial charge >= 0.3 is 12.2 Å². The van der Waals surface area contributed by atoms with Crippen molar-refractivity contribution in [3.8, 4) is 0 Å². The Bertz CT molecular complexity index is 448. The molecular formula is C17H30N2O4. The second-order valence-corrected chi connectivity index (χ2v) is 7.81. The second-order valence-electron chi connectivity index (χ2n) is 7.81. The van der Waals surface area contributed by atoms with Crippen LogP contribution in [0.15, 0.2) is 12.7 Å². The zero-order chi connectivity index (χ0) is 17.8. The molecule has 0 radical (unpaired) electrons. The van der Waals surface area contributed by atoms with Crippen molar-refractivity contribution in [2.24, 2.45) is 0 Å². The van der Waals surface area contributed by atoms with Gasteiger partial charge in [-0.05, 0) is 54.4 Å². The van der Waals surface area contributed by atoms with Crippen molar-refractivity contribution in [2.75, 3.05) is 6.54 Å². The Hall–Kier alpha value is -1.72. The van der Waals surface area contributed by atoms with Crippen molar-refractivity contribution in [3.63, 3.8) is 0 Å². The first kappa shape index (κ1) is 19.3. The van der Waals surface area contributed by atoms with Crippen LogP contribution in [0.2, 0.25) is 0 Å². The first-order chi connectivity index (χ1) is 10.4. The first-order valence-corrected chi connectivity index (χ1v) is 8.03. The zero-order valence-electron chi connectivity index (χ0n) is 15.1. The summed E-state index contributed by atoms with van der Waals surface area (Å²) in [6.45, 7) is 15.2. The van der Waals surface area contributed by atoms with Crippen molar-refractivity contribution < 1.29 is 19.1 Å². The smallest absolute Gasteiger partial charge is 0.410 e. The van der Waals surface area contributed by atoms with Crippen LogP contribution in [0.1, 0.15) is 54.4 Å². The Morgan fingerprint density at radius 3 is 2.22 bits per heavy atom. The van der Waals surface area contributed by atoms with Gasteiger partial charge in [-0.3, -0.25) is 0 Å². The Labute approximate surface area is 139 Å². The Morgan fingerprint density at radius 2 is 1.74 bits per heavy atom. The number of likely N-dealkylation sites (tertiary alicyclic amines) is 1. The monoisotopic (exact) mass is 326 g/mol. The number of alkyl carbamates (subject to hydrolysis) is 1. The molecule has 0 aliphatic carbocycles. The topological polar surface area (TPSA) is 67.9 Å². The van der Waals surface area contributed by atoms with Gasteiger partial charge in [0.2, 0.25) is 0 Å². The minimum absolute atomic E-state index is 0.171. The predicted molar refractivity (Wildman–Crippen MR) is 89.3 cm³/mol. The summed E-state index contributed by atoms with van der Waals surface area (Å²) in [4.78, 5) is 26.0. The molecule has 1 saturated heterocycles. The molecule has 1 rings (SSSR count). The summed E-state index contributed by atoms with van der Waals surface area (Å²) in [5, 5.41) is 2.86. The number of amides is 2. The summed E-state index contributed by atoms with van der Waals surface area (Å²) in [5.74, 6) is 0. The molecule has 6 nitrogen and oxygen atoms in total. The number of ether oxygens (including phenoxy) is 2. The van der Waals surface area contributed by atoms with Crippen LogP contribution in [-0.2, 0) is 9.47 Å². The Kier molecular flexibility index (Phi) is 6.08. The number of rotatable bonds is 3. The fraction of sp³-hybridized carbons (Fsp3) is 0.765. The van der Waals surface area contributed by atoms with Gasteiger partial charge in [-0.2, -0.15) is 0 Å². The van der Waals surface area contributed by atoms with E-state index in [9.17, 15) is 9.59 Å². The van der Waals surface area contributed by atoms with Gasteiger partial charge in [0.25, 0.3) is 0 Å². The average molecular weight is 326 g/mol. The van der Waals surface area contributed by atoms with Gasteiger partial charge in [0.05, 0.1) is 12.1 Å². The van der Waals surface area contributed by atoms with E-state index in [1.807, 2.05) is 41.5 Å². The summed E-state index contributed by atoms with van der Waals surface area (Å²) in [6, 6.07) is -0.342. The molecule has 0 aromatic carbocycles. The van der Waals surface area contributed by atoms with Crippen LogP contribution in [-0.4, -0.2) is 46.9 Å². The third-order valence-electron chi connectivity index (χ3n) is 3.28. The predicted octanol–water partition coefficient (Wildman–Crippen LogP) is 3.47. The number of carbonyl (C=O) groups is 2. The summed E-state index contributed by atoms with van der Waals surface area (Å²) in [5.41, 5.74) is -1.10. The van der Waals surface area contributed by atoms with Crippen LogP contribution in [0.3, 0.4) is 0 Å². The van der Waals surface area contributed by atoms with E-state index in [1.165, 1.54) is 0 Å². The van der Waals surface area contributed by atoms with E-state index in [2.05, 4.69) is 11.9 Å². The molecule has 0 unspecified atom stereocenters. The summed E-state index contributed by atoms with van der Waals surface area (Å²) < 4.78 is 10.7. The summed E-state index contributed by atoms with van der Waals surface area (Å²) in [7, 11) is 0. The van der Waals surface area contributed by atoms with E-state index in [1.54, 1.807) is 11.0 Å². The van der Waals surface area contributed by atoms with Gasteiger partial charge in [-0.25, -0.2) is 9.59 Å². The molecule has 1 N–H and O–H groups in total. The fourth-order valence-electron chi connectivity index (χ4n) is 2.49. The van der Waals surface area contributed by atoms with E-state index in [0.29, 0.717) is 19.4 Å². The Balaban J connectivity index is 2.74. The molecule has 23 heavy (non-hydrogen) atoms. The summed E-state index contributed by atoms with van der Waals surface area (Å²) in [6.07, 6.45) is 2.16. The molecule has 1 aliphatic rings. The highest BCUT2D eigenvalue weighted by atomic mass is 16.6. The van der Waals surface area contributed by atoms with Crippen molar-refractivity contribution in [1.29, 1.82) is 0 Å². The summed E-state index contributed by atoms with van der Waals surface area (Å²) >= 11 is 0. The van der Waals surface area contributed by atoms with E-state index in [-0.39, 0.29) is 18.2 Å². The number of nitrogens with zero attached hydrogens (tertiary/aromatic N) is 1. The molecule has 2 atom stereocenters. The molecule has 0 aromatic rings. The van der Waals surface area contributed by atoms with Crippen LogP contribution in [0.5, 0.6) is 0 Å². The molecule has 2 amide bonds. The van der Waals surface area contributed by atoms with Crippen molar-refractivity contribution in [3.05, 3.63) is 12.7 Å². The van der Waals surface area contributed by atoms with Crippen LogP contribution in [0.25, 0.3) is 0 Å². The molecule has 132 valence electrons. The highest BCUT2D eigenvalue weighted by Gasteiger charge is 2.39. The maximum Gasteiger partial charge on any atom is 0.410 e. The number of carbonyl (C=O) groups excluding carboxylic acids is 2. The SMILES string of the molecule is C=CC[C@@H]1[C@@H](NC(=O)OC(C)(C)C)CCN1C(=O)OC(C)(C)C. The van der Waals surface area contributed by atoms with Crippen molar-refractivity contribution in [2.45, 2.75) is 77.7 Å². The van der Waals surface area contributed by atoms with Crippen molar-refractivity contribution >= 4 is 12.2 Å². The third-order valence-corrected chi connectivity index (χ3v) is 3.28. The van der Waals surface area contributed by atoms with Gasteiger partial charge in [0.15, 0.2) is 0 Å². The standard InChI is InChI=1S/C17H30N2O4/c1-8-9-13-12(18-14(20)22-16(2,3)4)10-11-19(13)15(21)23-17(5,6)7/h8,12-13H,1,9-11H2,2-7H3,(H,18,20)/t12-,13+/m0/s1. The lowest BCUT2D eigenvalue weighted by atomic mass is 10.1. The molecule has 0 spiro atoms. The van der Waals surface area contributed by atoms with Gasteiger partial charge in [0, 0.05) is 6.54 Å². The largest absolute Gasteiger partial charge is 0.444 e.